The molecule has 1 N–H and O–H groups in total. The number of thiazole rings is 1. The largest absolute Gasteiger partial charge is 0.393 e. The van der Waals surface area contributed by atoms with Gasteiger partial charge in [-0.2, -0.15) is 0 Å². The van der Waals surface area contributed by atoms with Crippen LogP contribution >= 0.6 is 22.7 Å². The summed E-state index contributed by atoms with van der Waals surface area (Å²) in [6.45, 7) is 2.30. The number of hydrogen-bond acceptors (Lipinski definition) is 5. The van der Waals surface area contributed by atoms with E-state index < -0.39 is 0 Å². The van der Waals surface area contributed by atoms with Gasteiger partial charge >= 0.3 is 0 Å². The van der Waals surface area contributed by atoms with Gasteiger partial charge in [-0.25, -0.2) is 4.98 Å². The lowest BCUT2D eigenvalue weighted by atomic mass is 10.2. The van der Waals surface area contributed by atoms with E-state index in [0.29, 0.717) is 19.4 Å². The minimum atomic E-state index is -0.380. The van der Waals surface area contributed by atoms with Crippen LogP contribution < -0.4 is 0 Å². The van der Waals surface area contributed by atoms with Crippen LogP contribution in [0, 0.1) is 0 Å². The molecule has 0 radical (unpaired) electrons. The van der Waals surface area contributed by atoms with Crippen molar-refractivity contribution in [3.8, 4) is 9.88 Å². The molecular formula is C14H18N2O2S2. The predicted octanol–water partition coefficient (Wildman–Crippen LogP) is 2.64. The molecule has 1 amide bonds. The second-order valence-corrected chi connectivity index (χ2v) is 6.56. The van der Waals surface area contributed by atoms with Gasteiger partial charge in [0.25, 0.3) is 0 Å². The third-order valence-electron chi connectivity index (χ3n) is 2.92. The molecule has 0 aliphatic heterocycles. The molecule has 0 spiro atoms. The molecule has 2 aromatic rings. The minimum absolute atomic E-state index is 0.0358. The Balaban J connectivity index is 1.91. The Bertz CT molecular complexity index is 549. The molecular weight excluding hydrogens is 292 g/mol. The van der Waals surface area contributed by atoms with E-state index in [1.54, 1.807) is 41.5 Å². The minimum Gasteiger partial charge on any atom is -0.393 e. The Morgan fingerprint density at radius 2 is 2.30 bits per heavy atom. The van der Waals surface area contributed by atoms with Gasteiger partial charge in [-0.15, -0.1) is 22.7 Å². The number of amides is 1. The number of carbonyl (C=O) groups is 1. The monoisotopic (exact) mass is 310 g/mol. The topological polar surface area (TPSA) is 53.4 Å². The van der Waals surface area contributed by atoms with E-state index in [9.17, 15) is 9.90 Å². The second-order valence-electron chi connectivity index (χ2n) is 4.75. The average Bonchev–Trinajstić information content (AvgIpc) is 3.05. The van der Waals surface area contributed by atoms with E-state index in [2.05, 4.69) is 4.98 Å². The lowest BCUT2D eigenvalue weighted by molar-refractivity contribution is -0.129. The molecule has 2 heterocycles. The quantitative estimate of drug-likeness (QED) is 0.892. The van der Waals surface area contributed by atoms with Gasteiger partial charge in [-0.1, -0.05) is 6.07 Å². The molecule has 0 saturated carbocycles. The molecule has 4 nitrogen and oxygen atoms in total. The van der Waals surface area contributed by atoms with Crippen LogP contribution in [0.5, 0.6) is 0 Å². The van der Waals surface area contributed by atoms with Crippen LogP contribution in [-0.2, 0) is 11.2 Å². The van der Waals surface area contributed by atoms with Crippen LogP contribution in [0.3, 0.4) is 0 Å². The summed E-state index contributed by atoms with van der Waals surface area (Å²) < 4.78 is 0. The normalized spacial score (nSPS) is 12.3. The molecule has 2 rings (SSSR count). The molecule has 0 aliphatic carbocycles. The van der Waals surface area contributed by atoms with E-state index >= 15 is 0 Å². The summed E-state index contributed by atoms with van der Waals surface area (Å²) in [6, 6.07) is 4.03. The Morgan fingerprint density at radius 3 is 2.95 bits per heavy atom. The van der Waals surface area contributed by atoms with Crippen molar-refractivity contribution < 1.29 is 9.90 Å². The first kappa shape index (κ1) is 15.2. The van der Waals surface area contributed by atoms with Crippen molar-refractivity contribution in [1.82, 2.24) is 9.88 Å². The fourth-order valence-electron chi connectivity index (χ4n) is 1.70. The van der Waals surface area contributed by atoms with Crippen molar-refractivity contribution in [3.05, 3.63) is 28.6 Å². The summed E-state index contributed by atoms with van der Waals surface area (Å²) in [7, 11) is 1.76. The zero-order valence-corrected chi connectivity index (χ0v) is 13.2. The maximum absolute atomic E-state index is 12.0. The zero-order valence-electron chi connectivity index (χ0n) is 11.6. The first-order chi connectivity index (χ1) is 9.56. The summed E-state index contributed by atoms with van der Waals surface area (Å²) >= 11 is 3.22. The highest BCUT2D eigenvalue weighted by molar-refractivity contribution is 7.20. The molecule has 0 fully saturated rings. The van der Waals surface area contributed by atoms with Crippen molar-refractivity contribution in [2.75, 3.05) is 13.6 Å². The molecule has 1 atom stereocenters. The SMILES string of the molecule is CC(O)CCN(C)C(=O)Cc1csc(-c2cccs2)n1. The third-order valence-corrected chi connectivity index (χ3v) is 4.85. The van der Waals surface area contributed by atoms with Crippen molar-refractivity contribution >= 4 is 28.6 Å². The van der Waals surface area contributed by atoms with Crippen LogP contribution in [-0.4, -0.2) is 40.6 Å². The van der Waals surface area contributed by atoms with Gasteiger partial charge in [0.15, 0.2) is 0 Å². The van der Waals surface area contributed by atoms with E-state index in [1.807, 2.05) is 22.9 Å². The van der Waals surface area contributed by atoms with Gasteiger partial charge in [-0.05, 0) is 24.8 Å². The van der Waals surface area contributed by atoms with Gasteiger partial charge in [-0.3, -0.25) is 4.79 Å². The highest BCUT2D eigenvalue weighted by atomic mass is 32.1. The summed E-state index contributed by atoms with van der Waals surface area (Å²) in [5, 5.41) is 14.2. The molecule has 1 unspecified atom stereocenters. The van der Waals surface area contributed by atoms with Gasteiger partial charge in [0.1, 0.15) is 5.01 Å². The maximum atomic E-state index is 12.0. The summed E-state index contributed by atoms with van der Waals surface area (Å²) in [4.78, 5) is 19.3. The fourth-order valence-corrected chi connectivity index (χ4v) is 3.33. The molecule has 0 aromatic carbocycles. The number of aliphatic hydroxyl groups is 1. The van der Waals surface area contributed by atoms with Gasteiger partial charge in [0.05, 0.1) is 23.1 Å². The summed E-state index contributed by atoms with van der Waals surface area (Å²) in [5.74, 6) is 0.0358. The number of hydrogen-bond donors (Lipinski definition) is 1. The van der Waals surface area contributed by atoms with Crippen LogP contribution in [0.1, 0.15) is 19.0 Å². The van der Waals surface area contributed by atoms with Gasteiger partial charge in [0, 0.05) is 19.0 Å². The van der Waals surface area contributed by atoms with E-state index in [4.69, 9.17) is 0 Å². The first-order valence-electron chi connectivity index (χ1n) is 6.46. The van der Waals surface area contributed by atoms with Crippen LogP contribution in [0.2, 0.25) is 0 Å². The standard InChI is InChI=1S/C14H18N2O2S2/c1-10(17)5-6-16(2)13(18)8-11-9-20-14(15-11)12-4-3-7-19-12/h3-4,7,9-10,17H,5-6,8H2,1-2H3. The van der Waals surface area contributed by atoms with E-state index in [0.717, 1.165) is 15.6 Å². The Labute approximate surface area is 126 Å². The number of rotatable bonds is 6. The van der Waals surface area contributed by atoms with E-state index in [1.165, 1.54) is 0 Å². The molecule has 2 aromatic heterocycles. The number of nitrogens with zero attached hydrogens (tertiary/aromatic N) is 2. The van der Waals surface area contributed by atoms with Crippen molar-refractivity contribution in [1.29, 1.82) is 0 Å². The number of aliphatic hydroxyl groups excluding tert-OH is 1. The molecule has 108 valence electrons. The molecule has 6 heteroatoms. The lowest BCUT2D eigenvalue weighted by Gasteiger charge is -2.17. The molecule has 20 heavy (non-hydrogen) atoms. The third kappa shape index (κ3) is 4.13. The molecule has 0 aliphatic rings. The number of thiophene rings is 1. The van der Waals surface area contributed by atoms with Crippen molar-refractivity contribution in [2.45, 2.75) is 25.9 Å². The van der Waals surface area contributed by atoms with Crippen molar-refractivity contribution in [3.63, 3.8) is 0 Å². The van der Waals surface area contributed by atoms with Crippen LogP contribution in [0.25, 0.3) is 9.88 Å². The van der Waals surface area contributed by atoms with Crippen LogP contribution in [0.15, 0.2) is 22.9 Å². The average molecular weight is 310 g/mol. The van der Waals surface area contributed by atoms with Gasteiger partial charge < -0.3 is 10.0 Å². The highest BCUT2D eigenvalue weighted by Gasteiger charge is 2.13. The highest BCUT2D eigenvalue weighted by Crippen LogP contribution is 2.27. The van der Waals surface area contributed by atoms with Crippen LogP contribution in [0.4, 0.5) is 0 Å². The first-order valence-corrected chi connectivity index (χ1v) is 8.22. The fraction of sp³-hybridized carbons (Fsp3) is 0.429. The number of aromatic nitrogens is 1. The van der Waals surface area contributed by atoms with E-state index in [-0.39, 0.29) is 12.0 Å². The predicted molar refractivity (Wildman–Crippen MR) is 83.1 cm³/mol. The number of likely N-dealkylation sites (N-methyl/N-ethyl adjacent to an activating group) is 1. The maximum Gasteiger partial charge on any atom is 0.228 e. The van der Waals surface area contributed by atoms with Gasteiger partial charge in [0.2, 0.25) is 5.91 Å². The zero-order chi connectivity index (χ0) is 14.5. The Morgan fingerprint density at radius 1 is 1.50 bits per heavy atom. The Hall–Kier alpha value is -1.24. The summed E-state index contributed by atoms with van der Waals surface area (Å²) in [6.07, 6.45) is 0.535. The lowest BCUT2D eigenvalue weighted by Crippen LogP contribution is -2.30. The van der Waals surface area contributed by atoms with Crippen molar-refractivity contribution in [2.24, 2.45) is 0 Å². The Kier molecular flexibility index (Phi) is 5.28. The number of carbonyl (C=O) groups excluding carboxylic acids is 1. The molecule has 0 saturated heterocycles. The molecule has 0 bridgehead atoms. The second kappa shape index (κ2) is 6.97. The smallest absolute Gasteiger partial charge is 0.228 e. The summed E-state index contributed by atoms with van der Waals surface area (Å²) in [5.41, 5.74) is 0.812.